The third kappa shape index (κ3) is 5.15. The van der Waals surface area contributed by atoms with Crippen LogP contribution in [0.4, 0.5) is 0 Å². The second-order valence-corrected chi connectivity index (χ2v) is 6.00. The number of ether oxygens (including phenoxy) is 2. The van der Waals surface area contributed by atoms with Gasteiger partial charge < -0.3 is 20.1 Å². The van der Waals surface area contributed by atoms with Gasteiger partial charge >= 0.3 is 0 Å². The third-order valence-electron chi connectivity index (χ3n) is 4.08. The Hall–Kier alpha value is -2.70. The molecular formula is C20H22N2O4. The second kappa shape index (κ2) is 9.12. The molecule has 1 fully saturated rings. The van der Waals surface area contributed by atoms with E-state index in [2.05, 4.69) is 10.6 Å². The molecule has 3 rings (SSSR count). The van der Waals surface area contributed by atoms with E-state index in [-0.39, 0.29) is 24.5 Å². The van der Waals surface area contributed by atoms with Crippen LogP contribution in [0.15, 0.2) is 54.6 Å². The van der Waals surface area contributed by atoms with Crippen LogP contribution in [-0.2, 0) is 14.3 Å². The Morgan fingerprint density at radius 2 is 1.65 bits per heavy atom. The largest absolute Gasteiger partial charge is 0.376 e. The highest BCUT2D eigenvalue weighted by molar-refractivity contribution is 5.96. The molecule has 0 aliphatic carbocycles. The highest BCUT2D eigenvalue weighted by atomic mass is 16.6. The molecule has 1 aliphatic heterocycles. The summed E-state index contributed by atoms with van der Waals surface area (Å²) >= 11 is 0. The molecular weight excluding hydrogens is 332 g/mol. The Morgan fingerprint density at radius 3 is 2.35 bits per heavy atom. The molecule has 0 unspecified atom stereocenters. The maximum Gasteiger partial charge on any atom is 0.251 e. The summed E-state index contributed by atoms with van der Waals surface area (Å²) in [5.41, 5.74) is 2.64. The van der Waals surface area contributed by atoms with Gasteiger partial charge in [0.15, 0.2) is 0 Å². The summed E-state index contributed by atoms with van der Waals surface area (Å²) in [5.74, 6) is -0.537. The first kappa shape index (κ1) is 18.1. The first-order chi connectivity index (χ1) is 12.7. The molecule has 0 saturated carbocycles. The summed E-state index contributed by atoms with van der Waals surface area (Å²) in [4.78, 5) is 24.0. The van der Waals surface area contributed by atoms with E-state index in [1.54, 1.807) is 12.1 Å². The van der Waals surface area contributed by atoms with Crippen LogP contribution in [0.2, 0.25) is 0 Å². The molecule has 6 nitrogen and oxygen atoms in total. The lowest BCUT2D eigenvalue weighted by atomic mass is 10.0. The fourth-order valence-electron chi connectivity index (χ4n) is 2.65. The van der Waals surface area contributed by atoms with Gasteiger partial charge in [0, 0.05) is 12.1 Å². The number of benzene rings is 2. The van der Waals surface area contributed by atoms with Crippen LogP contribution >= 0.6 is 0 Å². The smallest absolute Gasteiger partial charge is 0.251 e. The molecule has 0 bridgehead atoms. The number of carbonyl (C=O) groups is 2. The van der Waals surface area contributed by atoms with Crippen molar-refractivity contribution >= 4 is 11.8 Å². The average molecular weight is 354 g/mol. The van der Waals surface area contributed by atoms with E-state index in [0.29, 0.717) is 31.9 Å². The van der Waals surface area contributed by atoms with Crippen LogP contribution in [0, 0.1) is 0 Å². The quantitative estimate of drug-likeness (QED) is 0.826. The van der Waals surface area contributed by atoms with Gasteiger partial charge in [-0.25, -0.2) is 0 Å². The topological polar surface area (TPSA) is 76.7 Å². The van der Waals surface area contributed by atoms with Gasteiger partial charge in [0.05, 0.1) is 32.5 Å². The first-order valence-corrected chi connectivity index (χ1v) is 8.62. The van der Waals surface area contributed by atoms with Crippen molar-refractivity contribution in [1.82, 2.24) is 10.6 Å². The molecule has 2 amide bonds. The van der Waals surface area contributed by atoms with E-state index in [1.165, 1.54) is 0 Å². The zero-order valence-corrected chi connectivity index (χ0v) is 14.4. The third-order valence-corrected chi connectivity index (χ3v) is 4.08. The van der Waals surface area contributed by atoms with Crippen LogP contribution in [0.1, 0.15) is 10.4 Å². The van der Waals surface area contributed by atoms with Gasteiger partial charge in [0.1, 0.15) is 0 Å². The molecule has 2 aromatic carbocycles. The van der Waals surface area contributed by atoms with Gasteiger partial charge in [-0.15, -0.1) is 0 Å². The van der Waals surface area contributed by atoms with Gasteiger partial charge in [-0.1, -0.05) is 42.5 Å². The number of hydrogen-bond donors (Lipinski definition) is 2. The SMILES string of the molecule is O=C(CNC(=O)c1ccc(-c2ccccc2)cc1)NC[C@@H]1COCCO1. The lowest BCUT2D eigenvalue weighted by molar-refractivity contribution is -0.123. The van der Waals surface area contributed by atoms with Crippen LogP contribution in [0.3, 0.4) is 0 Å². The molecule has 6 heteroatoms. The van der Waals surface area contributed by atoms with Crippen molar-refractivity contribution in [1.29, 1.82) is 0 Å². The van der Waals surface area contributed by atoms with Crippen molar-refractivity contribution in [3.05, 3.63) is 60.2 Å². The molecule has 1 atom stereocenters. The monoisotopic (exact) mass is 354 g/mol. The molecule has 26 heavy (non-hydrogen) atoms. The minimum absolute atomic E-state index is 0.0765. The summed E-state index contributed by atoms with van der Waals surface area (Å²) in [7, 11) is 0. The summed E-state index contributed by atoms with van der Waals surface area (Å²) in [6, 6.07) is 17.2. The van der Waals surface area contributed by atoms with E-state index in [4.69, 9.17) is 9.47 Å². The Morgan fingerprint density at radius 1 is 0.923 bits per heavy atom. The van der Waals surface area contributed by atoms with Crippen molar-refractivity contribution in [2.24, 2.45) is 0 Å². The highest BCUT2D eigenvalue weighted by Gasteiger charge is 2.15. The van der Waals surface area contributed by atoms with Crippen molar-refractivity contribution in [3.8, 4) is 11.1 Å². The predicted molar refractivity (Wildman–Crippen MR) is 97.8 cm³/mol. The van der Waals surface area contributed by atoms with Crippen LogP contribution in [-0.4, -0.2) is 50.8 Å². The number of amides is 2. The van der Waals surface area contributed by atoms with Crippen LogP contribution < -0.4 is 10.6 Å². The zero-order chi connectivity index (χ0) is 18.2. The van der Waals surface area contributed by atoms with E-state index in [9.17, 15) is 9.59 Å². The van der Waals surface area contributed by atoms with Gasteiger partial charge in [0.2, 0.25) is 5.91 Å². The van der Waals surface area contributed by atoms with Gasteiger partial charge in [-0.2, -0.15) is 0 Å². The number of hydrogen-bond acceptors (Lipinski definition) is 4. The van der Waals surface area contributed by atoms with E-state index in [1.807, 2.05) is 42.5 Å². The summed E-state index contributed by atoms with van der Waals surface area (Å²) in [6.07, 6.45) is -0.131. The van der Waals surface area contributed by atoms with Gasteiger partial charge in [-0.05, 0) is 23.3 Å². The molecule has 0 aromatic heterocycles. The maximum absolute atomic E-state index is 12.2. The standard InChI is InChI=1S/C20H22N2O4/c23-19(21-12-18-14-25-10-11-26-18)13-22-20(24)17-8-6-16(7-9-17)15-4-2-1-3-5-15/h1-9,18H,10-14H2,(H,21,23)(H,22,24)/t18-/m1/s1. The van der Waals surface area contributed by atoms with E-state index < -0.39 is 0 Å². The average Bonchev–Trinajstić information content (AvgIpc) is 2.72. The predicted octanol–water partition coefficient (Wildman–Crippen LogP) is 1.61. The summed E-state index contributed by atoms with van der Waals surface area (Å²) in [5, 5.41) is 5.35. The van der Waals surface area contributed by atoms with Gasteiger partial charge in [0.25, 0.3) is 5.91 Å². The number of carbonyl (C=O) groups excluding carboxylic acids is 2. The molecule has 2 aromatic rings. The lowest BCUT2D eigenvalue weighted by Gasteiger charge is -2.23. The molecule has 0 spiro atoms. The van der Waals surface area contributed by atoms with Crippen LogP contribution in [0.25, 0.3) is 11.1 Å². The molecule has 1 saturated heterocycles. The maximum atomic E-state index is 12.2. The van der Waals surface area contributed by atoms with Crippen LogP contribution in [0.5, 0.6) is 0 Å². The number of nitrogens with one attached hydrogen (secondary N) is 2. The van der Waals surface area contributed by atoms with E-state index >= 15 is 0 Å². The van der Waals surface area contributed by atoms with Gasteiger partial charge in [-0.3, -0.25) is 9.59 Å². The lowest BCUT2D eigenvalue weighted by Crippen LogP contribution is -2.43. The highest BCUT2D eigenvalue weighted by Crippen LogP contribution is 2.19. The molecule has 1 aliphatic rings. The molecule has 1 heterocycles. The van der Waals surface area contributed by atoms with Crippen molar-refractivity contribution < 1.29 is 19.1 Å². The first-order valence-electron chi connectivity index (χ1n) is 8.62. The second-order valence-electron chi connectivity index (χ2n) is 6.00. The Kier molecular flexibility index (Phi) is 6.35. The number of rotatable bonds is 6. The minimum atomic E-state index is -0.281. The van der Waals surface area contributed by atoms with E-state index in [0.717, 1.165) is 11.1 Å². The van der Waals surface area contributed by atoms with Crippen molar-refractivity contribution in [3.63, 3.8) is 0 Å². The fraction of sp³-hybridized carbons (Fsp3) is 0.300. The summed E-state index contributed by atoms with van der Waals surface area (Å²) < 4.78 is 10.7. The fourth-order valence-corrected chi connectivity index (χ4v) is 2.65. The Balaban J connectivity index is 1.45. The van der Waals surface area contributed by atoms with Crippen molar-refractivity contribution in [2.75, 3.05) is 32.9 Å². The summed E-state index contributed by atoms with van der Waals surface area (Å²) in [6.45, 7) is 1.90. The molecule has 0 radical (unpaired) electrons. The minimum Gasteiger partial charge on any atom is -0.376 e. The molecule has 2 N–H and O–H groups in total. The molecule has 136 valence electrons. The Labute approximate surface area is 152 Å². The van der Waals surface area contributed by atoms with Crippen molar-refractivity contribution in [2.45, 2.75) is 6.10 Å². The Bertz CT molecular complexity index is 725. The zero-order valence-electron chi connectivity index (χ0n) is 14.4. The normalized spacial score (nSPS) is 16.7.